The zero-order valence-electron chi connectivity index (χ0n) is 11.3. The van der Waals surface area contributed by atoms with E-state index in [-0.39, 0.29) is 21.1 Å². The average molecular weight is 337 g/mol. The number of nitrogens with zero attached hydrogens (tertiary/aromatic N) is 2. The van der Waals surface area contributed by atoms with Crippen LogP contribution in [0, 0.1) is 0 Å². The van der Waals surface area contributed by atoms with Gasteiger partial charge in [0.15, 0.2) is 0 Å². The molecule has 1 aliphatic carbocycles. The minimum Gasteiger partial charge on any atom is -0.242 e. The van der Waals surface area contributed by atoms with Crippen LogP contribution in [0.1, 0.15) is 38.5 Å². The quantitative estimate of drug-likeness (QED) is 0.624. The fourth-order valence-electron chi connectivity index (χ4n) is 2.53. The molecule has 0 unspecified atom stereocenters. The minimum absolute atomic E-state index is 0.0527. The maximum atomic E-state index is 12.6. The predicted molar refractivity (Wildman–Crippen MR) is 80.7 cm³/mol. The number of rotatable bonds is 3. The Labute approximate surface area is 130 Å². The van der Waals surface area contributed by atoms with Gasteiger partial charge in [0.2, 0.25) is 10.0 Å². The number of hydrogen-bond donors (Lipinski definition) is 0. The smallest absolute Gasteiger partial charge is 0.242 e. The molecule has 1 aromatic heterocycles. The number of halogens is 2. The van der Waals surface area contributed by atoms with E-state index in [0.717, 1.165) is 25.7 Å². The van der Waals surface area contributed by atoms with Gasteiger partial charge in [-0.1, -0.05) is 48.9 Å². The van der Waals surface area contributed by atoms with E-state index in [4.69, 9.17) is 23.2 Å². The van der Waals surface area contributed by atoms with Crippen molar-refractivity contribution >= 4 is 33.2 Å². The Kier molecular flexibility index (Phi) is 5.29. The van der Waals surface area contributed by atoms with E-state index >= 15 is 0 Å². The van der Waals surface area contributed by atoms with Crippen LogP contribution in [0.4, 0.5) is 0 Å². The molecule has 1 fully saturated rings. The van der Waals surface area contributed by atoms with E-state index in [1.807, 2.05) is 0 Å². The lowest BCUT2D eigenvalue weighted by Gasteiger charge is -2.26. The van der Waals surface area contributed by atoms with Crippen LogP contribution < -0.4 is 0 Å². The molecule has 0 radical (unpaired) electrons. The average Bonchev–Trinajstić information content (AvgIpc) is 2.69. The molecule has 1 aliphatic rings. The summed E-state index contributed by atoms with van der Waals surface area (Å²) < 4.78 is 26.6. The lowest BCUT2D eigenvalue weighted by atomic mass is 10.1. The topological polar surface area (TPSA) is 50.3 Å². The molecule has 0 spiro atoms. The Balaban J connectivity index is 2.26. The first-order chi connectivity index (χ1) is 9.43. The van der Waals surface area contributed by atoms with Crippen LogP contribution in [0.2, 0.25) is 10.2 Å². The highest BCUT2D eigenvalue weighted by molar-refractivity contribution is 7.89. The Morgan fingerprint density at radius 3 is 2.35 bits per heavy atom. The zero-order chi connectivity index (χ0) is 14.8. The second-order valence-corrected chi connectivity index (χ2v) is 7.87. The van der Waals surface area contributed by atoms with E-state index in [1.54, 1.807) is 7.05 Å². The summed E-state index contributed by atoms with van der Waals surface area (Å²) in [6.45, 7) is 0. The summed E-state index contributed by atoms with van der Waals surface area (Å²) in [6, 6.07) is 1.41. The standard InChI is InChI=1S/C13H18Cl2N2O2S/c1-17(10-6-4-2-3-5-7-10)20(18,19)11-8-12(14)13(15)16-9-11/h8-10H,2-7H2,1H3. The highest BCUT2D eigenvalue weighted by atomic mass is 35.5. The van der Waals surface area contributed by atoms with Gasteiger partial charge in [0.25, 0.3) is 0 Å². The van der Waals surface area contributed by atoms with Crippen molar-refractivity contribution in [2.24, 2.45) is 0 Å². The van der Waals surface area contributed by atoms with Crippen LogP contribution in [0.15, 0.2) is 17.2 Å². The van der Waals surface area contributed by atoms with E-state index in [1.165, 1.54) is 29.4 Å². The Morgan fingerprint density at radius 2 is 1.80 bits per heavy atom. The van der Waals surface area contributed by atoms with Crippen molar-refractivity contribution in [1.29, 1.82) is 0 Å². The molecule has 7 heteroatoms. The van der Waals surface area contributed by atoms with Crippen LogP contribution in [-0.4, -0.2) is 30.8 Å². The Morgan fingerprint density at radius 1 is 1.20 bits per heavy atom. The molecule has 112 valence electrons. The second-order valence-electron chi connectivity index (χ2n) is 5.11. The molecule has 0 bridgehead atoms. The van der Waals surface area contributed by atoms with Gasteiger partial charge in [-0.3, -0.25) is 0 Å². The first kappa shape index (κ1) is 16.0. The summed E-state index contributed by atoms with van der Waals surface area (Å²) in [6.07, 6.45) is 7.58. The van der Waals surface area contributed by atoms with Gasteiger partial charge < -0.3 is 0 Å². The summed E-state index contributed by atoms with van der Waals surface area (Å²) in [4.78, 5) is 3.91. The largest absolute Gasteiger partial charge is 0.244 e. The molecule has 2 rings (SSSR count). The van der Waals surface area contributed by atoms with Crippen molar-refractivity contribution < 1.29 is 8.42 Å². The molecule has 1 heterocycles. The minimum atomic E-state index is -3.57. The fourth-order valence-corrected chi connectivity index (χ4v) is 4.25. The zero-order valence-corrected chi connectivity index (χ0v) is 13.7. The normalized spacial score (nSPS) is 18.2. The number of sulfonamides is 1. The van der Waals surface area contributed by atoms with E-state index in [0.29, 0.717) is 0 Å². The molecule has 0 saturated heterocycles. The van der Waals surface area contributed by atoms with Gasteiger partial charge in [0.1, 0.15) is 10.0 Å². The van der Waals surface area contributed by atoms with Gasteiger partial charge in [0, 0.05) is 19.3 Å². The molecule has 0 N–H and O–H groups in total. The Bertz CT molecular complexity index is 570. The summed E-state index contributed by atoms with van der Waals surface area (Å²) in [5.74, 6) is 0. The fraction of sp³-hybridized carbons (Fsp3) is 0.615. The van der Waals surface area contributed by atoms with Gasteiger partial charge in [-0.2, -0.15) is 4.31 Å². The van der Waals surface area contributed by atoms with Crippen LogP contribution in [0.3, 0.4) is 0 Å². The van der Waals surface area contributed by atoms with E-state index in [2.05, 4.69) is 4.98 Å². The van der Waals surface area contributed by atoms with Crippen LogP contribution in [0.25, 0.3) is 0 Å². The predicted octanol–water partition coefficient (Wildman–Crippen LogP) is 3.73. The summed E-state index contributed by atoms with van der Waals surface area (Å²) in [5.41, 5.74) is 0. The Hall–Kier alpha value is -0.360. The van der Waals surface area contributed by atoms with Crippen LogP contribution in [-0.2, 0) is 10.0 Å². The van der Waals surface area contributed by atoms with Crippen LogP contribution >= 0.6 is 23.2 Å². The third kappa shape index (κ3) is 3.45. The molecule has 4 nitrogen and oxygen atoms in total. The molecular weight excluding hydrogens is 319 g/mol. The first-order valence-corrected chi connectivity index (χ1v) is 8.91. The van der Waals surface area contributed by atoms with E-state index in [9.17, 15) is 8.42 Å². The second kappa shape index (κ2) is 6.60. The summed E-state index contributed by atoms with van der Waals surface area (Å²) in [7, 11) is -1.93. The molecule has 0 aromatic carbocycles. The number of aromatic nitrogens is 1. The number of pyridine rings is 1. The summed E-state index contributed by atoms with van der Waals surface area (Å²) in [5, 5.41) is 0.268. The van der Waals surface area contributed by atoms with Gasteiger partial charge in [-0.25, -0.2) is 13.4 Å². The van der Waals surface area contributed by atoms with E-state index < -0.39 is 10.0 Å². The van der Waals surface area contributed by atoms with Crippen LogP contribution in [0.5, 0.6) is 0 Å². The van der Waals surface area contributed by atoms with Gasteiger partial charge in [0.05, 0.1) is 5.02 Å². The molecule has 0 atom stereocenters. The van der Waals surface area contributed by atoms with Gasteiger partial charge in [-0.05, 0) is 18.9 Å². The van der Waals surface area contributed by atoms with Crippen molar-refractivity contribution in [1.82, 2.24) is 9.29 Å². The molecule has 0 amide bonds. The lowest BCUT2D eigenvalue weighted by molar-refractivity contribution is 0.335. The van der Waals surface area contributed by atoms with Gasteiger partial charge >= 0.3 is 0 Å². The maximum Gasteiger partial charge on any atom is 0.244 e. The maximum absolute atomic E-state index is 12.6. The summed E-state index contributed by atoms with van der Waals surface area (Å²) >= 11 is 11.6. The molecule has 0 aliphatic heterocycles. The van der Waals surface area contributed by atoms with Crippen molar-refractivity contribution in [3.63, 3.8) is 0 Å². The third-order valence-electron chi connectivity index (χ3n) is 3.79. The molecule has 1 saturated carbocycles. The monoisotopic (exact) mass is 336 g/mol. The molecular formula is C13H18Cl2N2O2S. The van der Waals surface area contributed by atoms with Crippen molar-refractivity contribution in [2.45, 2.75) is 49.5 Å². The van der Waals surface area contributed by atoms with Crippen molar-refractivity contribution in [2.75, 3.05) is 7.05 Å². The SMILES string of the molecule is CN(C1CCCCCC1)S(=O)(=O)c1cnc(Cl)c(Cl)c1. The third-order valence-corrected chi connectivity index (χ3v) is 6.35. The van der Waals surface area contributed by atoms with Gasteiger partial charge in [-0.15, -0.1) is 0 Å². The molecule has 20 heavy (non-hydrogen) atoms. The van der Waals surface area contributed by atoms with Crippen molar-refractivity contribution in [3.05, 3.63) is 22.4 Å². The lowest BCUT2D eigenvalue weighted by Crippen LogP contribution is -2.36. The number of hydrogen-bond acceptors (Lipinski definition) is 3. The first-order valence-electron chi connectivity index (χ1n) is 6.72. The highest BCUT2D eigenvalue weighted by Gasteiger charge is 2.29. The molecule has 1 aromatic rings. The highest BCUT2D eigenvalue weighted by Crippen LogP contribution is 2.28. The van der Waals surface area contributed by atoms with Crippen molar-refractivity contribution in [3.8, 4) is 0 Å².